The molecular weight excluding hydrogens is 248 g/mol. The van der Waals surface area contributed by atoms with Crippen molar-refractivity contribution in [1.82, 2.24) is 4.37 Å². The van der Waals surface area contributed by atoms with E-state index in [2.05, 4.69) is 23.5 Å². The van der Waals surface area contributed by atoms with Crippen molar-refractivity contribution in [2.24, 2.45) is 11.8 Å². The fraction of sp³-hybridized carbons (Fsp3) is 0.692. The van der Waals surface area contributed by atoms with Crippen LogP contribution in [0.15, 0.2) is 0 Å². The van der Waals surface area contributed by atoms with E-state index in [0.717, 1.165) is 12.8 Å². The Hall–Kier alpha value is -1.10. The fourth-order valence-corrected chi connectivity index (χ4v) is 3.84. The van der Waals surface area contributed by atoms with Crippen LogP contribution in [-0.4, -0.2) is 21.5 Å². The fourth-order valence-electron chi connectivity index (χ4n) is 2.97. The van der Waals surface area contributed by atoms with Crippen LogP contribution >= 0.6 is 11.5 Å². The maximum absolute atomic E-state index is 11.2. The molecule has 0 saturated heterocycles. The second kappa shape index (κ2) is 5.26. The predicted molar refractivity (Wildman–Crippen MR) is 73.4 cm³/mol. The van der Waals surface area contributed by atoms with Crippen LogP contribution < -0.4 is 5.32 Å². The number of nitrogens with zero attached hydrogens (tertiary/aromatic N) is 1. The van der Waals surface area contributed by atoms with Crippen molar-refractivity contribution in [2.75, 3.05) is 5.32 Å². The Kier molecular flexibility index (Phi) is 3.90. The molecule has 0 radical (unpaired) electrons. The van der Waals surface area contributed by atoms with Crippen LogP contribution in [0.4, 0.5) is 5.00 Å². The van der Waals surface area contributed by atoms with Crippen LogP contribution in [0.25, 0.3) is 0 Å². The molecule has 1 heterocycles. The van der Waals surface area contributed by atoms with Gasteiger partial charge >= 0.3 is 5.97 Å². The molecule has 100 valence electrons. The summed E-state index contributed by atoms with van der Waals surface area (Å²) in [6, 6.07) is 0.377. The van der Waals surface area contributed by atoms with Crippen LogP contribution in [0.1, 0.15) is 49.2 Å². The number of rotatable bonds is 3. The molecule has 2 unspecified atom stereocenters. The first-order valence-corrected chi connectivity index (χ1v) is 7.20. The van der Waals surface area contributed by atoms with Crippen LogP contribution in [0.5, 0.6) is 0 Å². The smallest absolute Gasteiger partial charge is 0.340 e. The number of carboxylic acid groups (broad SMARTS) is 1. The van der Waals surface area contributed by atoms with Gasteiger partial charge in [0.15, 0.2) is 0 Å². The molecule has 0 spiro atoms. The lowest BCUT2D eigenvalue weighted by atomic mass is 9.80. The van der Waals surface area contributed by atoms with E-state index in [1.54, 1.807) is 6.92 Å². The number of hydrogen-bond acceptors (Lipinski definition) is 4. The second-order valence-electron chi connectivity index (χ2n) is 5.54. The van der Waals surface area contributed by atoms with Crippen molar-refractivity contribution in [3.8, 4) is 0 Å². The highest BCUT2D eigenvalue weighted by Crippen LogP contribution is 2.33. The summed E-state index contributed by atoms with van der Waals surface area (Å²) in [6.07, 6.45) is 3.49. The first kappa shape index (κ1) is 13.3. The average molecular weight is 268 g/mol. The van der Waals surface area contributed by atoms with E-state index in [-0.39, 0.29) is 0 Å². The summed E-state index contributed by atoms with van der Waals surface area (Å²) in [5.74, 6) is 0.516. The summed E-state index contributed by atoms with van der Waals surface area (Å²) in [5, 5.41) is 13.3. The molecule has 0 aromatic carbocycles. The number of hydrogen-bond donors (Lipinski definition) is 2. The third-order valence-electron chi connectivity index (χ3n) is 3.59. The molecule has 1 aromatic rings. The van der Waals surface area contributed by atoms with E-state index in [1.165, 1.54) is 18.0 Å². The van der Waals surface area contributed by atoms with Gasteiger partial charge in [0.2, 0.25) is 0 Å². The summed E-state index contributed by atoms with van der Waals surface area (Å²) in [4.78, 5) is 11.2. The molecule has 1 fully saturated rings. The number of aromatic carboxylic acids is 1. The maximum Gasteiger partial charge on any atom is 0.340 e. The summed E-state index contributed by atoms with van der Waals surface area (Å²) < 4.78 is 4.14. The van der Waals surface area contributed by atoms with Gasteiger partial charge in [-0.15, -0.1) is 0 Å². The SMILES string of the molecule is Cc1nsc(NC2CC(C)CC(C)C2)c1C(=O)O. The number of carbonyl (C=O) groups is 1. The largest absolute Gasteiger partial charge is 0.478 e. The molecule has 4 nitrogen and oxygen atoms in total. The van der Waals surface area contributed by atoms with Gasteiger partial charge in [-0.1, -0.05) is 13.8 Å². The lowest BCUT2D eigenvalue weighted by Crippen LogP contribution is -2.30. The average Bonchev–Trinajstić information content (AvgIpc) is 2.57. The Labute approximate surface area is 112 Å². The van der Waals surface area contributed by atoms with Gasteiger partial charge < -0.3 is 10.4 Å². The van der Waals surface area contributed by atoms with Crippen LogP contribution in [0.2, 0.25) is 0 Å². The van der Waals surface area contributed by atoms with Crippen LogP contribution in [-0.2, 0) is 0 Å². The van der Waals surface area contributed by atoms with Gasteiger partial charge in [0.05, 0.1) is 5.69 Å². The zero-order valence-corrected chi connectivity index (χ0v) is 11.9. The predicted octanol–water partition coefficient (Wildman–Crippen LogP) is 3.39. The molecule has 5 heteroatoms. The molecule has 18 heavy (non-hydrogen) atoms. The van der Waals surface area contributed by atoms with E-state index < -0.39 is 5.97 Å². The van der Waals surface area contributed by atoms with E-state index in [4.69, 9.17) is 0 Å². The van der Waals surface area contributed by atoms with Crippen molar-refractivity contribution < 1.29 is 9.90 Å². The molecule has 0 bridgehead atoms. The van der Waals surface area contributed by atoms with Crippen molar-refractivity contribution in [3.63, 3.8) is 0 Å². The van der Waals surface area contributed by atoms with Crippen LogP contribution in [0, 0.1) is 18.8 Å². The Morgan fingerprint density at radius 2 is 1.94 bits per heavy atom. The summed E-state index contributed by atoms with van der Waals surface area (Å²) in [7, 11) is 0. The van der Waals surface area contributed by atoms with Crippen molar-refractivity contribution in [1.29, 1.82) is 0 Å². The molecule has 2 rings (SSSR count). The summed E-state index contributed by atoms with van der Waals surface area (Å²) in [6.45, 7) is 6.28. The van der Waals surface area contributed by atoms with Crippen molar-refractivity contribution >= 4 is 22.5 Å². The van der Waals surface area contributed by atoms with Gasteiger partial charge in [-0.3, -0.25) is 0 Å². The minimum absolute atomic E-state index is 0.339. The molecule has 0 aliphatic heterocycles. The lowest BCUT2D eigenvalue weighted by molar-refractivity contribution is 0.0697. The standard InChI is InChI=1S/C13H20N2O2S/c1-7-4-8(2)6-10(5-7)14-12-11(13(16)17)9(3)15-18-12/h7-8,10,14H,4-6H2,1-3H3,(H,16,17). The Balaban J connectivity index is 2.12. The maximum atomic E-state index is 11.2. The molecule has 1 aliphatic carbocycles. The van der Waals surface area contributed by atoms with Crippen LogP contribution in [0.3, 0.4) is 0 Å². The number of aromatic nitrogens is 1. The van der Waals surface area contributed by atoms with E-state index in [0.29, 0.717) is 34.1 Å². The number of nitrogens with one attached hydrogen (secondary N) is 1. The first-order valence-electron chi connectivity index (χ1n) is 6.43. The summed E-state index contributed by atoms with van der Waals surface area (Å²) >= 11 is 1.26. The molecule has 0 amide bonds. The van der Waals surface area contributed by atoms with Gasteiger partial charge in [0.25, 0.3) is 0 Å². The topological polar surface area (TPSA) is 62.2 Å². The number of carboxylic acids is 1. The van der Waals surface area contributed by atoms with Gasteiger partial charge in [-0.25, -0.2) is 4.79 Å². The third kappa shape index (κ3) is 2.83. The Morgan fingerprint density at radius 3 is 2.50 bits per heavy atom. The Bertz CT molecular complexity index is 434. The number of aryl methyl sites for hydroxylation is 1. The minimum Gasteiger partial charge on any atom is -0.478 e. The van der Waals surface area contributed by atoms with Crippen molar-refractivity contribution in [2.45, 2.75) is 46.1 Å². The number of anilines is 1. The molecule has 1 aromatic heterocycles. The molecule has 1 saturated carbocycles. The zero-order valence-electron chi connectivity index (χ0n) is 11.1. The van der Waals surface area contributed by atoms with Crippen molar-refractivity contribution in [3.05, 3.63) is 11.3 Å². The Morgan fingerprint density at radius 1 is 1.33 bits per heavy atom. The first-order chi connectivity index (χ1) is 8.47. The molecule has 2 N–H and O–H groups in total. The van der Waals surface area contributed by atoms with Gasteiger partial charge in [-0.05, 0) is 49.6 Å². The lowest BCUT2D eigenvalue weighted by Gasteiger charge is -2.32. The highest BCUT2D eigenvalue weighted by Gasteiger charge is 2.26. The molecule has 2 atom stereocenters. The highest BCUT2D eigenvalue weighted by atomic mass is 32.1. The van der Waals surface area contributed by atoms with E-state index in [9.17, 15) is 9.90 Å². The zero-order chi connectivity index (χ0) is 13.3. The normalized spacial score (nSPS) is 28.1. The monoisotopic (exact) mass is 268 g/mol. The quantitative estimate of drug-likeness (QED) is 0.882. The van der Waals surface area contributed by atoms with Gasteiger partial charge in [-0.2, -0.15) is 4.37 Å². The van der Waals surface area contributed by atoms with E-state index in [1.807, 2.05) is 0 Å². The third-order valence-corrected chi connectivity index (χ3v) is 4.46. The van der Waals surface area contributed by atoms with E-state index >= 15 is 0 Å². The van der Waals surface area contributed by atoms with Gasteiger partial charge in [0, 0.05) is 6.04 Å². The molecule has 1 aliphatic rings. The summed E-state index contributed by atoms with van der Waals surface area (Å²) in [5.41, 5.74) is 0.942. The molecular formula is C13H20N2O2S. The highest BCUT2D eigenvalue weighted by molar-refractivity contribution is 7.10. The van der Waals surface area contributed by atoms with Gasteiger partial charge in [0.1, 0.15) is 10.6 Å². The minimum atomic E-state index is -0.888. The second-order valence-corrected chi connectivity index (χ2v) is 6.31.